The summed E-state index contributed by atoms with van der Waals surface area (Å²) in [5.74, 6) is 0. The molecule has 2 heterocycles. The molecule has 3 aromatic rings. The third-order valence-electron chi connectivity index (χ3n) is 4.75. The second-order valence-electron chi connectivity index (χ2n) is 7.06. The summed E-state index contributed by atoms with van der Waals surface area (Å²) in [6.45, 7) is 6.09. The predicted molar refractivity (Wildman–Crippen MR) is 95.5 cm³/mol. The Kier molecular flexibility index (Phi) is 3.38. The molecule has 26 heavy (non-hydrogen) atoms. The third kappa shape index (κ3) is 2.20. The van der Waals surface area contributed by atoms with Crippen molar-refractivity contribution < 1.29 is 0 Å². The van der Waals surface area contributed by atoms with Gasteiger partial charge in [0.15, 0.2) is 11.4 Å². The molecule has 0 atom stereocenters. The van der Waals surface area contributed by atoms with Crippen LogP contribution in [-0.2, 0) is 11.8 Å². The van der Waals surface area contributed by atoms with E-state index >= 15 is 0 Å². The first-order valence-electron chi connectivity index (χ1n) is 8.33. The van der Waals surface area contributed by atoms with Crippen LogP contribution in [0.3, 0.4) is 0 Å². The molecule has 4 rings (SSSR count). The molecule has 6 heteroatoms. The predicted octanol–water partition coefficient (Wildman–Crippen LogP) is 3.21. The molecule has 1 aromatic carbocycles. The van der Waals surface area contributed by atoms with Crippen LogP contribution >= 0.6 is 0 Å². The number of nitriles is 2. The lowest BCUT2D eigenvalue weighted by Crippen LogP contribution is -2.29. The number of nitrogens with zero attached hydrogens (tertiary/aromatic N) is 6. The Morgan fingerprint density at radius 3 is 2.35 bits per heavy atom. The van der Waals surface area contributed by atoms with Gasteiger partial charge in [-0.2, -0.15) is 15.6 Å². The highest BCUT2D eigenvalue weighted by Gasteiger charge is 2.38. The number of rotatable bonds is 1. The summed E-state index contributed by atoms with van der Waals surface area (Å²) in [5.41, 5.74) is 5.00. The summed E-state index contributed by atoms with van der Waals surface area (Å²) in [5, 5.41) is 23.4. The SMILES string of the molecule is Cc1nn(-c2ccccc2)c2c1-c1nc(C#N)c(C#N)nc1C(C)(C)C2. The number of fused-ring (bicyclic) bond motifs is 3. The maximum absolute atomic E-state index is 9.36. The summed E-state index contributed by atoms with van der Waals surface area (Å²) in [6.07, 6.45) is 0.719. The summed E-state index contributed by atoms with van der Waals surface area (Å²) in [7, 11) is 0. The Hall–Kier alpha value is -3.51. The van der Waals surface area contributed by atoms with E-state index in [1.165, 1.54) is 0 Å². The molecule has 1 aliphatic carbocycles. The van der Waals surface area contributed by atoms with Crippen LogP contribution in [0.2, 0.25) is 0 Å². The topological polar surface area (TPSA) is 91.2 Å². The van der Waals surface area contributed by atoms with Gasteiger partial charge in [-0.15, -0.1) is 0 Å². The van der Waals surface area contributed by atoms with Gasteiger partial charge in [-0.1, -0.05) is 32.0 Å². The molecule has 0 N–H and O–H groups in total. The Bertz CT molecular complexity index is 1110. The van der Waals surface area contributed by atoms with Gasteiger partial charge in [-0.25, -0.2) is 14.6 Å². The van der Waals surface area contributed by atoms with E-state index in [9.17, 15) is 10.5 Å². The van der Waals surface area contributed by atoms with Gasteiger partial charge < -0.3 is 0 Å². The van der Waals surface area contributed by atoms with Crippen molar-refractivity contribution in [2.75, 3.05) is 0 Å². The van der Waals surface area contributed by atoms with Crippen LogP contribution in [0.1, 0.15) is 42.3 Å². The first-order chi connectivity index (χ1) is 12.5. The summed E-state index contributed by atoms with van der Waals surface area (Å²) in [6, 6.07) is 13.9. The molecule has 0 bridgehead atoms. The maximum atomic E-state index is 9.36. The standard InChI is InChI=1S/C20H16N6/c1-12-17-16(26(25-12)13-7-5-4-6-8-13)9-20(2,3)19-18(17)23-14(10-21)15(11-22)24-19/h4-8H,9H2,1-3H3. The average molecular weight is 340 g/mol. The lowest BCUT2D eigenvalue weighted by atomic mass is 9.76. The summed E-state index contributed by atoms with van der Waals surface area (Å²) >= 11 is 0. The Balaban J connectivity index is 2.05. The molecular formula is C20H16N6. The molecule has 6 nitrogen and oxygen atoms in total. The zero-order chi connectivity index (χ0) is 18.5. The second kappa shape index (κ2) is 5.50. The Morgan fingerprint density at radius 1 is 1.04 bits per heavy atom. The van der Waals surface area contributed by atoms with Crippen LogP contribution in [0.5, 0.6) is 0 Å². The van der Waals surface area contributed by atoms with Gasteiger partial charge in [0.1, 0.15) is 12.1 Å². The molecule has 0 spiro atoms. The molecule has 0 saturated heterocycles. The van der Waals surface area contributed by atoms with Crippen LogP contribution in [0, 0.1) is 29.6 Å². The van der Waals surface area contributed by atoms with Gasteiger partial charge >= 0.3 is 0 Å². The van der Waals surface area contributed by atoms with E-state index in [2.05, 4.69) is 23.8 Å². The van der Waals surface area contributed by atoms with Crippen molar-refractivity contribution in [3.05, 3.63) is 58.8 Å². The van der Waals surface area contributed by atoms with Crippen LogP contribution in [-0.4, -0.2) is 19.7 Å². The van der Waals surface area contributed by atoms with E-state index < -0.39 is 0 Å². The number of aromatic nitrogens is 4. The van der Waals surface area contributed by atoms with E-state index in [4.69, 9.17) is 5.10 Å². The molecule has 0 aliphatic heterocycles. The quantitative estimate of drug-likeness (QED) is 0.678. The molecule has 1 aliphatic rings. The van der Waals surface area contributed by atoms with Gasteiger partial charge in [0, 0.05) is 17.4 Å². The first-order valence-corrected chi connectivity index (χ1v) is 8.33. The Morgan fingerprint density at radius 2 is 1.69 bits per heavy atom. The van der Waals surface area contributed by atoms with Crippen LogP contribution in [0.4, 0.5) is 0 Å². The molecule has 0 amide bonds. The molecular weight excluding hydrogens is 324 g/mol. The average Bonchev–Trinajstić information content (AvgIpc) is 2.97. The van der Waals surface area contributed by atoms with E-state index in [1.54, 1.807) is 0 Å². The highest BCUT2D eigenvalue weighted by Crippen LogP contribution is 2.43. The minimum Gasteiger partial charge on any atom is -0.237 e. The monoisotopic (exact) mass is 340 g/mol. The second-order valence-corrected chi connectivity index (χ2v) is 7.06. The maximum Gasteiger partial charge on any atom is 0.177 e. The molecule has 0 radical (unpaired) electrons. The molecule has 126 valence electrons. The van der Waals surface area contributed by atoms with E-state index in [1.807, 2.05) is 54.1 Å². The van der Waals surface area contributed by atoms with Crippen molar-refractivity contribution in [2.45, 2.75) is 32.6 Å². The van der Waals surface area contributed by atoms with Crippen molar-refractivity contribution >= 4 is 0 Å². The van der Waals surface area contributed by atoms with Gasteiger partial charge in [-0.3, -0.25) is 0 Å². The van der Waals surface area contributed by atoms with E-state index in [-0.39, 0.29) is 16.8 Å². The highest BCUT2D eigenvalue weighted by atomic mass is 15.3. The van der Waals surface area contributed by atoms with Gasteiger partial charge in [0.05, 0.1) is 28.5 Å². The van der Waals surface area contributed by atoms with E-state index in [0.717, 1.165) is 34.8 Å². The van der Waals surface area contributed by atoms with Crippen molar-refractivity contribution in [3.63, 3.8) is 0 Å². The zero-order valence-electron chi connectivity index (χ0n) is 14.8. The number of para-hydroxylation sites is 1. The minimum atomic E-state index is -0.325. The largest absolute Gasteiger partial charge is 0.237 e. The Labute approximate surface area is 151 Å². The first kappa shape index (κ1) is 16.0. The minimum absolute atomic E-state index is 0.0572. The van der Waals surface area contributed by atoms with Crippen LogP contribution in [0.15, 0.2) is 30.3 Å². The molecule has 0 fully saturated rings. The van der Waals surface area contributed by atoms with Crippen molar-refractivity contribution in [2.24, 2.45) is 0 Å². The lowest BCUT2D eigenvalue weighted by Gasteiger charge is -2.31. The number of aryl methyl sites for hydroxylation is 1. The van der Waals surface area contributed by atoms with Gasteiger partial charge in [-0.05, 0) is 19.1 Å². The molecule has 2 aromatic heterocycles. The van der Waals surface area contributed by atoms with Crippen LogP contribution < -0.4 is 0 Å². The number of hydrogen-bond acceptors (Lipinski definition) is 5. The lowest BCUT2D eigenvalue weighted by molar-refractivity contribution is 0.483. The normalized spacial score (nSPS) is 14.0. The van der Waals surface area contributed by atoms with E-state index in [0.29, 0.717) is 5.69 Å². The fourth-order valence-corrected chi connectivity index (χ4v) is 3.57. The van der Waals surface area contributed by atoms with Crippen molar-refractivity contribution in [3.8, 4) is 29.1 Å². The zero-order valence-corrected chi connectivity index (χ0v) is 14.8. The summed E-state index contributed by atoms with van der Waals surface area (Å²) in [4.78, 5) is 9.00. The fourth-order valence-electron chi connectivity index (χ4n) is 3.57. The summed E-state index contributed by atoms with van der Waals surface area (Å²) < 4.78 is 1.95. The van der Waals surface area contributed by atoms with Gasteiger partial charge in [0.2, 0.25) is 0 Å². The molecule has 0 saturated carbocycles. The fraction of sp³-hybridized carbons (Fsp3) is 0.250. The highest BCUT2D eigenvalue weighted by molar-refractivity contribution is 5.73. The molecule has 0 unspecified atom stereocenters. The van der Waals surface area contributed by atoms with Crippen molar-refractivity contribution in [1.82, 2.24) is 19.7 Å². The smallest absolute Gasteiger partial charge is 0.177 e. The van der Waals surface area contributed by atoms with Gasteiger partial charge in [0.25, 0.3) is 0 Å². The third-order valence-corrected chi connectivity index (χ3v) is 4.75. The van der Waals surface area contributed by atoms with Crippen LogP contribution in [0.25, 0.3) is 16.9 Å². The number of benzene rings is 1. The van der Waals surface area contributed by atoms with Crippen molar-refractivity contribution in [1.29, 1.82) is 10.5 Å². The number of hydrogen-bond donors (Lipinski definition) is 0.